The van der Waals surface area contributed by atoms with Gasteiger partial charge in [-0.3, -0.25) is 15.5 Å². The molecule has 0 aromatic heterocycles. The van der Waals surface area contributed by atoms with Crippen molar-refractivity contribution < 1.29 is 13.3 Å². The van der Waals surface area contributed by atoms with Gasteiger partial charge in [-0.25, -0.2) is 8.42 Å². The third kappa shape index (κ3) is 4.79. The first kappa shape index (κ1) is 22.1. The van der Waals surface area contributed by atoms with Gasteiger partial charge in [-0.15, -0.1) is 0 Å². The lowest BCUT2D eigenvalue weighted by molar-refractivity contribution is -0.385. The van der Waals surface area contributed by atoms with Crippen LogP contribution in [0.1, 0.15) is 19.4 Å². The highest BCUT2D eigenvalue weighted by Gasteiger charge is 2.27. The summed E-state index contributed by atoms with van der Waals surface area (Å²) in [4.78, 5) is 10.2. The van der Waals surface area contributed by atoms with Gasteiger partial charge in [0.05, 0.1) is 26.9 Å². The number of sulfonamides is 1. The molecule has 0 spiro atoms. The first-order valence-corrected chi connectivity index (χ1v) is 10.4. The number of nitro groups is 1. The molecule has 150 valence electrons. The first-order valence-electron chi connectivity index (χ1n) is 8.24. The molecule has 0 amide bonds. The van der Waals surface area contributed by atoms with Crippen LogP contribution in [-0.4, -0.2) is 37.0 Å². The number of anilines is 1. The van der Waals surface area contributed by atoms with Crippen molar-refractivity contribution in [3.63, 3.8) is 0 Å². The zero-order chi connectivity index (χ0) is 20.9. The quantitative estimate of drug-likeness (QED) is 0.369. The molecule has 0 unspecified atom stereocenters. The van der Waals surface area contributed by atoms with E-state index in [0.717, 1.165) is 6.07 Å². The van der Waals surface area contributed by atoms with Crippen LogP contribution in [0.2, 0.25) is 10.0 Å². The summed E-state index contributed by atoms with van der Waals surface area (Å²) < 4.78 is 27.0. The Morgan fingerprint density at radius 3 is 2.50 bits per heavy atom. The van der Waals surface area contributed by atoms with Gasteiger partial charge < -0.3 is 0 Å². The predicted molar refractivity (Wildman–Crippen MR) is 111 cm³/mol. The molecule has 11 heteroatoms. The van der Waals surface area contributed by atoms with Gasteiger partial charge in [0.25, 0.3) is 5.69 Å². The SMILES string of the molecule is CCN(CC)S(=O)(=O)c1cc([N+](=O)[O-])ccc1N/N=C/c1cccc(Cl)c1Cl. The van der Waals surface area contributed by atoms with Crippen LogP contribution >= 0.6 is 23.2 Å². The lowest BCUT2D eigenvalue weighted by Crippen LogP contribution is -2.31. The van der Waals surface area contributed by atoms with Crippen LogP contribution in [-0.2, 0) is 10.0 Å². The maximum absolute atomic E-state index is 12.9. The highest BCUT2D eigenvalue weighted by atomic mass is 35.5. The Kier molecular flexibility index (Phi) is 7.36. The average Bonchev–Trinajstić information content (AvgIpc) is 2.65. The van der Waals surface area contributed by atoms with E-state index in [1.807, 2.05) is 0 Å². The van der Waals surface area contributed by atoms with E-state index in [1.54, 1.807) is 32.0 Å². The van der Waals surface area contributed by atoms with Crippen molar-refractivity contribution in [1.29, 1.82) is 0 Å². The van der Waals surface area contributed by atoms with Gasteiger partial charge >= 0.3 is 0 Å². The van der Waals surface area contributed by atoms with Gasteiger partial charge in [0.2, 0.25) is 10.0 Å². The molecule has 0 fully saturated rings. The molecule has 0 aliphatic heterocycles. The molecule has 0 heterocycles. The molecular formula is C17H18Cl2N4O4S. The Balaban J connectivity index is 2.45. The average molecular weight is 445 g/mol. The minimum Gasteiger partial charge on any atom is -0.277 e. The maximum Gasteiger partial charge on any atom is 0.270 e. The first-order chi connectivity index (χ1) is 13.2. The van der Waals surface area contributed by atoms with Crippen LogP contribution in [0.3, 0.4) is 0 Å². The summed E-state index contributed by atoms with van der Waals surface area (Å²) in [6.45, 7) is 3.82. The maximum atomic E-state index is 12.9. The number of hydrogen-bond acceptors (Lipinski definition) is 6. The molecule has 28 heavy (non-hydrogen) atoms. The second kappa shape index (κ2) is 9.33. The highest BCUT2D eigenvalue weighted by molar-refractivity contribution is 7.89. The van der Waals surface area contributed by atoms with Crippen LogP contribution in [0.5, 0.6) is 0 Å². The highest BCUT2D eigenvalue weighted by Crippen LogP contribution is 2.29. The van der Waals surface area contributed by atoms with Gasteiger partial charge in [-0.2, -0.15) is 9.41 Å². The van der Waals surface area contributed by atoms with E-state index in [0.29, 0.717) is 15.6 Å². The minimum atomic E-state index is -3.95. The number of nitrogens with one attached hydrogen (secondary N) is 1. The summed E-state index contributed by atoms with van der Waals surface area (Å²) in [6.07, 6.45) is 1.38. The third-order valence-electron chi connectivity index (χ3n) is 3.87. The number of nitrogens with zero attached hydrogens (tertiary/aromatic N) is 3. The fraction of sp³-hybridized carbons (Fsp3) is 0.235. The zero-order valence-corrected chi connectivity index (χ0v) is 17.4. The van der Waals surface area contributed by atoms with E-state index < -0.39 is 14.9 Å². The van der Waals surface area contributed by atoms with Gasteiger partial charge in [-0.05, 0) is 12.1 Å². The summed E-state index contributed by atoms with van der Waals surface area (Å²) in [6, 6.07) is 8.51. The van der Waals surface area contributed by atoms with Gasteiger partial charge in [-0.1, -0.05) is 49.2 Å². The molecule has 0 aliphatic rings. The fourth-order valence-electron chi connectivity index (χ4n) is 2.42. The number of hydrogen-bond donors (Lipinski definition) is 1. The zero-order valence-electron chi connectivity index (χ0n) is 15.1. The van der Waals surface area contributed by atoms with E-state index in [4.69, 9.17) is 23.2 Å². The molecule has 2 rings (SSSR count). The molecule has 0 bridgehead atoms. The van der Waals surface area contributed by atoms with Crippen LogP contribution in [0, 0.1) is 10.1 Å². The van der Waals surface area contributed by atoms with Crippen molar-refractivity contribution in [2.75, 3.05) is 18.5 Å². The van der Waals surface area contributed by atoms with E-state index in [-0.39, 0.29) is 29.4 Å². The van der Waals surface area contributed by atoms with E-state index in [9.17, 15) is 18.5 Å². The molecule has 0 saturated heterocycles. The molecule has 0 atom stereocenters. The van der Waals surface area contributed by atoms with Gasteiger partial charge in [0, 0.05) is 30.8 Å². The van der Waals surface area contributed by atoms with Crippen LogP contribution in [0.15, 0.2) is 46.4 Å². The van der Waals surface area contributed by atoms with Crippen molar-refractivity contribution in [1.82, 2.24) is 4.31 Å². The number of rotatable bonds is 8. The summed E-state index contributed by atoms with van der Waals surface area (Å²) in [5, 5.41) is 15.7. The van der Waals surface area contributed by atoms with E-state index >= 15 is 0 Å². The number of non-ortho nitro benzene ring substituents is 1. The minimum absolute atomic E-state index is 0.104. The molecule has 2 aromatic carbocycles. The number of hydrazone groups is 1. The Morgan fingerprint density at radius 2 is 1.89 bits per heavy atom. The summed E-state index contributed by atoms with van der Waals surface area (Å²) in [5.74, 6) is 0. The van der Waals surface area contributed by atoms with Gasteiger partial charge in [0.1, 0.15) is 4.90 Å². The fourth-order valence-corrected chi connectivity index (χ4v) is 4.40. The smallest absolute Gasteiger partial charge is 0.270 e. The van der Waals surface area contributed by atoms with Crippen LogP contribution in [0.4, 0.5) is 11.4 Å². The lowest BCUT2D eigenvalue weighted by Gasteiger charge is -2.20. The Morgan fingerprint density at radius 1 is 1.21 bits per heavy atom. The molecule has 0 saturated carbocycles. The summed E-state index contributed by atoms with van der Waals surface area (Å²) >= 11 is 12.0. The number of halogens is 2. The monoisotopic (exact) mass is 444 g/mol. The third-order valence-corrected chi connectivity index (χ3v) is 6.79. The van der Waals surface area contributed by atoms with Crippen molar-refractivity contribution in [2.24, 2.45) is 5.10 Å². The molecule has 1 N–H and O–H groups in total. The predicted octanol–water partition coefficient (Wildman–Crippen LogP) is 4.38. The standard InChI is InChI=1S/C17H18Cl2N4O4S/c1-3-22(4-2)28(26,27)16-10-13(23(24)25)8-9-15(16)21-20-11-12-6-5-7-14(18)17(12)19/h5-11,21H,3-4H2,1-2H3/b20-11+. The van der Waals surface area contributed by atoms with Crippen molar-refractivity contribution >= 4 is 50.8 Å². The molecule has 0 radical (unpaired) electrons. The number of nitro benzene ring substituents is 1. The summed E-state index contributed by atoms with van der Waals surface area (Å²) in [5.41, 5.74) is 2.92. The molecule has 2 aromatic rings. The Bertz CT molecular complexity index is 1010. The van der Waals surface area contributed by atoms with Gasteiger partial charge in [0.15, 0.2) is 0 Å². The second-order valence-electron chi connectivity index (χ2n) is 5.54. The van der Waals surface area contributed by atoms with Crippen LogP contribution in [0.25, 0.3) is 0 Å². The van der Waals surface area contributed by atoms with E-state index in [2.05, 4.69) is 10.5 Å². The topological polar surface area (TPSA) is 105 Å². The molecular weight excluding hydrogens is 427 g/mol. The van der Waals surface area contributed by atoms with Crippen LogP contribution < -0.4 is 5.43 Å². The summed E-state index contributed by atoms with van der Waals surface area (Å²) in [7, 11) is -3.95. The van der Waals surface area contributed by atoms with Crippen molar-refractivity contribution in [3.05, 3.63) is 62.1 Å². The second-order valence-corrected chi connectivity index (χ2v) is 8.23. The Labute approximate surface area is 173 Å². The molecule has 0 aliphatic carbocycles. The number of benzene rings is 2. The van der Waals surface area contributed by atoms with E-state index in [1.165, 1.54) is 22.7 Å². The normalized spacial score (nSPS) is 11.9. The Hall–Kier alpha value is -2.20. The lowest BCUT2D eigenvalue weighted by atomic mass is 10.2. The van der Waals surface area contributed by atoms with Crippen molar-refractivity contribution in [2.45, 2.75) is 18.7 Å². The van der Waals surface area contributed by atoms with Crippen molar-refractivity contribution in [3.8, 4) is 0 Å². The largest absolute Gasteiger partial charge is 0.277 e. The molecule has 8 nitrogen and oxygen atoms in total.